The van der Waals surface area contributed by atoms with Crippen molar-refractivity contribution in [1.82, 2.24) is 14.5 Å². The molecule has 10 nitrogen and oxygen atoms in total. The molecule has 0 unspecified atom stereocenters. The molecule has 0 bridgehead atoms. The van der Waals surface area contributed by atoms with Gasteiger partial charge in [-0.3, -0.25) is 0 Å². The fourth-order valence-corrected chi connectivity index (χ4v) is 5.54. The third-order valence-corrected chi connectivity index (χ3v) is 7.84. The van der Waals surface area contributed by atoms with Crippen LogP contribution < -0.4 is 24.3 Å². The number of carbonyl (C=O) groups is 1. The smallest absolute Gasteiger partial charge is 0.317 e. The number of hydrogen-bond donors (Lipinski definition) is 1. The van der Waals surface area contributed by atoms with Crippen LogP contribution >= 0.6 is 0 Å². The number of hydrogen-bond acceptors (Lipinski definition) is 7. The van der Waals surface area contributed by atoms with E-state index in [0.717, 1.165) is 5.56 Å². The van der Waals surface area contributed by atoms with Crippen LogP contribution in [0.5, 0.6) is 23.0 Å². The Kier molecular flexibility index (Phi) is 7.03. The van der Waals surface area contributed by atoms with Crippen molar-refractivity contribution in [3.05, 3.63) is 42.0 Å². The Labute approximate surface area is 199 Å². The first-order chi connectivity index (χ1) is 16.3. The number of ether oxygens (including phenoxy) is 4. The summed E-state index contributed by atoms with van der Waals surface area (Å²) in [6.07, 6.45) is 0. The molecular formula is C23H29N3O7S. The Morgan fingerprint density at radius 3 is 2.35 bits per heavy atom. The molecule has 0 radical (unpaired) electrons. The molecule has 11 heteroatoms. The molecule has 0 spiro atoms. The fraction of sp³-hybridized carbons (Fsp3) is 0.435. The molecule has 0 aliphatic carbocycles. The topological polar surface area (TPSA) is 107 Å². The summed E-state index contributed by atoms with van der Waals surface area (Å²) in [6.45, 7) is 3.79. The number of benzene rings is 2. The van der Waals surface area contributed by atoms with Gasteiger partial charge < -0.3 is 29.2 Å². The second kappa shape index (κ2) is 9.98. The Hall–Kier alpha value is -3.18. The molecule has 2 aromatic carbocycles. The quantitative estimate of drug-likeness (QED) is 0.661. The summed E-state index contributed by atoms with van der Waals surface area (Å²) in [5.41, 5.74) is 0.893. The number of rotatable bonds is 6. The molecule has 0 aromatic heterocycles. The average Bonchev–Trinajstić information content (AvgIpc) is 2.87. The second-order valence-corrected chi connectivity index (χ2v) is 9.89. The maximum absolute atomic E-state index is 13.2. The van der Waals surface area contributed by atoms with Crippen molar-refractivity contribution in [1.29, 1.82) is 0 Å². The molecule has 2 aliphatic heterocycles. The van der Waals surface area contributed by atoms with Gasteiger partial charge in [-0.05, 0) is 36.8 Å². The van der Waals surface area contributed by atoms with Gasteiger partial charge in [0, 0.05) is 32.2 Å². The van der Waals surface area contributed by atoms with Gasteiger partial charge >= 0.3 is 6.03 Å². The minimum atomic E-state index is -3.82. The van der Waals surface area contributed by atoms with E-state index in [-0.39, 0.29) is 48.9 Å². The Morgan fingerprint density at radius 1 is 0.971 bits per heavy atom. The van der Waals surface area contributed by atoms with Crippen molar-refractivity contribution in [2.45, 2.75) is 17.9 Å². The summed E-state index contributed by atoms with van der Waals surface area (Å²) >= 11 is 0. The zero-order valence-electron chi connectivity index (χ0n) is 19.4. The van der Waals surface area contributed by atoms with E-state index in [4.69, 9.17) is 18.9 Å². The highest BCUT2D eigenvalue weighted by atomic mass is 32.2. The zero-order valence-corrected chi connectivity index (χ0v) is 20.3. The van der Waals surface area contributed by atoms with Crippen LogP contribution in [0.2, 0.25) is 0 Å². The third kappa shape index (κ3) is 4.85. The van der Waals surface area contributed by atoms with E-state index in [2.05, 4.69) is 5.32 Å². The molecule has 2 aromatic rings. The SMILES string of the molecule is COc1ccc(OC)c(S(=O)(=O)N2CCN(C(=O)N[C@H](C)c3ccc4c(c3)OCCO4)CC2)c1. The summed E-state index contributed by atoms with van der Waals surface area (Å²) in [4.78, 5) is 14.5. The van der Waals surface area contributed by atoms with Gasteiger partial charge in [-0.15, -0.1) is 0 Å². The van der Waals surface area contributed by atoms with E-state index in [9.17, 15) is 13.2 Å². The highest BCUT2D eigenvalue weighted by molar-refractivity contribution is 7.89. The normalized spacial score (nSPS) is 17.1. The van der Waals surface area contributed by atoms with Crippen molar-refractivity contribution < 1.29 is 32.2 Å². The lowest BCUT2D eigenvalue weighted by Gasteiger charge is -2.34. The Morgan fingerprint density at radius 2 is 1.68 bits per heavy atom. The highest BCUT2D eigenvalue weighted by Gasteiger charge is 2.33. The summed E-state index contributed by atoms with van der Waals surface area (Å²) in [5.74, 6) is 2.02. The largest absolute Gasteiger partial charge is 0.497 e. The van der Waals surface area contributed by atoms with Gasteiger partial charge in [-0.1, -0.05) is 6.07 Å². The first-order valence-electron chi connectivity index (χ1n) is 11.0. The molecule has 2 heterocycles. The van der Waals surface area contributed by atoms with Crippen LogP contribution in [0.3, 0.4) is 0 Å². The van der Waals surface area contributed by atoms with Crippen molar-refractivity contribution in [2.75, 3.05) is 53.6 Å². The number of urea groups is 1. The second-order valence-electron chi connectivity index (χ2n) is 7.98. The minimum absolute atomic E-state index is 0.0412. The fourth-order valence-electron chi connectivity index (χ4n) is 3.95. The number of piperazine rings is 1. The Bertz CT molecular complexity index is 1150. The van der Waals surface area contributed by atoms with Gasteiger partial charge in [0.2, 0.25) is 10.0 Å². The van der Waals surface area contributed by atoms with Crippen molar-refractivity contribution in [2.24, 2.45) is 0 Å². The molecule has 2 aliphatic rings. The molecule has 1 atom stereocenters. The van der Waals surface area contributed by atoms with E-state index in [1.54, 1.807) is 17.0 Å². The van der Waals surface area contributed by atoms with Gasteiger partial charge in [0.1, 0.15) is 29.6 Å². The predicted molar refractivity (Wildman–Crippen MR) is 124 cm³/mol. The summed E-state index contributed by atoms with van der Waals surface area (Å²) in [5, 5.41) is 2.98. The predicted octanol–water partition coefficient (Wildman–Crippen LogP) is 2.25. The van der Waals surface area contributed by atoms with Crippen LogP contribution in [0.15, 0.2) is 41.3 Å². The first-order valence-corrected chi connectivity index (χ1v) is 12.4. The summed E-state index contributed by atoms with van der Waals surface area (Å²) in [7, 11) is -0.921. The van der Waals surface area contributed by atoms with Crippen molar-refractivity contribution >= 4 is 16.1 Å². The Balaban J connectivity index is 1.38. The van der Waals surface area contributed by atoms with E-state index in [1.165, 1.54) is 24.6 Å². The van der Waals surface area contributed by atoms with Crippen LogP contribution in [-0.4, -0.2) is 77.3 Å². The average molecular weight is 492 g/mol. The molecule has 1 N–H and O–H groups in total. The summed E-state index contributed by atoms with van der Waals surface area (Å²) < 4.78 is 49.4. The standard InChI is InChI=1S/C23H29N3O7S/c1-16(17-4-6-19-21(14-17)33-13-12-32-19)24-23(27)25-8-10-26(11-9-25)34(28,29)22-15-18(30-2)5-7-20(22)31-3/h4-7,14-16H,8-13H2,1-3H3,(H,24,27)/t16-/m1/s1. The molecule has 184 valence electrons. The third-order valence-electron chi connectivity index (χ3n) is 5.92. The number of nitrogens with one attached hydrogen (secondary N) is 1. The van der Waals surface area contributed by atoms with E-state index >= 15 is 0 Å². The van der Waals surface area contributed by atoms with E-state index < -0.39 is 10.0 Å². The van der Waals surface area contributed by atoms with Crippen LogP contribution in [0.1, 0.15) is 18.5 Å². The monoisotopic (exact) mass is 491 g/mol. The molecular weight excluding hydrogens is 462 g/mol. The van der Waals surface area contributed by atoms with Crippen LogP contribution in [0.25, 0.3) is 0 Å². The number of fused-ring (bicyclic) bond motifs is 1. The molecule has 1 saturated heterocycles. The lowest BCUT2D eigenvalue weighted by molar-refractivity contribution is 0.168. The number of nitrogens with zero attached hydrogens (tertiary/aromatic N) is 2. The van der Waals surface area contributed by atoms with Crippen LogP contribution in [0.4, 0.5) is 4.79 Å². The lowest BCUT2D eigenvalue weighted by Crippen LogP contribution is -2.53. The maximum atomic E-state index is 13.2. The number of sulfonamides is 1. The number of carbonyl (C=O) groups excluding carboxylic acids is 1. The van der Waals surface area contributed by atoms with Gasteiger partial charge in [-0.25, -0.2) is 13.2 Å². The number of amides is 2. The molecule has 1 fully saturated rings. The maximum Gasteiger partial charge on any atom is 0.317 e. The van der Waals surface area contributed by atoms with Crippen LogP contribution in [-0.2, 0) is 10.0 Å². The van der Waals surface area contributed by atoms with Gasteiger partial charge in [-0.2, -0.15) is 4.31 Å². The first kappa shape index (κ1) is 24.0. The van der Waals surface area contributed by atoms with Gasteiger partial charge in [0.25, 0.3) is 0 Å². The highest BCUT2D eigenvalue weighted by Crippen LogP contribution is 2.33. The molecule has 2 amide bonds. The van der Waals surface area contributed by atoms with Crippen molar-refractivity contribution in [3.63, 3.8) is 0 Å². The van der Waals surface area contributed by atoms with Gasteiger partial charge in [0.15, 0.2) is 11.5 Å². The summed E-state index contributed by atoms with van der Waals surface area (Å²) in [6, 6.07) is 9.74. The lowest BCUT2D eigenvalue weighted by atomic mass is 10.1. The van der Waals surface area contributed by atoms with E-state index in [1.807, 2.05) is 25.1 Å². The zero-order chi connectivity index (χ0) is 24.3. The molecule has 0 saturated carbocycles. The minimum Gasteiger partial charge on any atom is -0.497 e. The number of methoxy groups -OCH3 is 2. The molecule has 34 heavy (non-hydrogen) atoms. The van der Waals surface area contributed by atoms with Crippen LogP contribution in [0, 0.1) is 0 Å². The van der Waals surface area contributed by atoms with Gasteiger partial charge in [0.05, 0.1) is 20.3 Å². The van der Waals surface area contributed by atoms with Crippen molar-refractivity contribution in [3.8, 4) is 23.0 Å². The molecule has 4 rings (SSSR count). The van der Waals surface area contributed by atoms with E-state index in [0.29, 0.717) is 30.5 Å².